The standard InChI is InChI=1S/C19H14F3NO4/c1-23(11-12-6-8-14(9-7-12)27-19(20,21)22)17(24)15-10-13-4-2-3-5-16(13)26-18(15)25/h2-10H,11H2,1H3. The van der Waals surface area contributed by atoms with Crippen LogP contribution in [0.25, 0.3) is 11.0 Å². The molecule has 3 aromatic rings. The monoisotopic (exact) mass is 377 g/mol. The minimum absolute atomic E-state index is 0.0946. The molecule has 0 bridgehead atoms. The van der Waals surface area contributed by atoms with Crippen LogP contribution in [0.3, 0.4) is 0 Å². The van der Waals surface area contributed by atoms with Crippen molar-refractivity contribution in [3.05, 3.63) is 76.1 Å². The van der Waals surface area contributed by atoms with Gasteiger partial charge in [0, 0.05) is 19.0 Å². The number of amides is 1. The summed E-state index contributed by atoms with van der Waals surface area (Å²) in [6, 6.07) is 13.4. The number of ether oxygens (including phenoxy) is 1. The van der Waals surface area contributed by atoms with Crippen molar-refractivity contribution in [1.29, 1.82) is 0 Å². The second-order valence-electron chi connectivity index (χ2n) is 5.84. The highest BCUT2D eigenvalue weighted by Crippen LogP contribution is 2.23. The first-order valence-corrected chi connectivity index (χ1v) is 7.86. The van der Waals surface area contributed by atoms with Crippen molar-refractivity contribution in [2.45, 2.75) is 12.9 Å². The third-order valence-electron chi connectivity index (χ3n) is 3.80. The summed E-state index contributed by atoms with van der Waals surface area (Å²) in [7, 11) is 1.48. The van der Waals surface area contributed by atoms with Crippen LogP contribution >= 0.6 is 0 Å². The third-order valence-corrected chi connectivity index (χ3v) is 3.80. The first-order valence-electron chi connectivity index (χ1n) is 7.86. The molecule has 2 aromatic carbocycles. The summed E-state index contributed by atoms with van der Waals surface area (Å²) in [6.45, 7) is 0.0946. The fourth-order valence-electron chi connectivity index (χ4n) is 2.56. The van der Waals surface area contributed by atoms with Crippen LogP contribution in [-0.4, -0.2) is 24.2 Å². The van der Waals surface area contributed by atoms with Crippen molar-refractivity contribution in [2.75, 3.05) is 7.05 Å². The Morgan fingerprint density at radius 2 is 1.78 bits per heavy atom. The Kier molecular flexibility index (Phi) is 4.89. The smallest absolute Gasteiger partial charge is 0.422 e. The predicted octanol–water partition coefficient (Wildman–Crippen LogP) is 3.96. The summed E-state index contributed by atoms with van der Waals surface area (Å²) in [4.78, 5) is 25.9. The van der Waals surface area contributed by atoms with E-state index < -0.39 is 17.9 Å². The lowest BCUT2D eigenvalue weighted by Crippen LogP contribution is -2.30. The molecule has 0 aliphatic rings. The number of halogens is 3. The molecule has 27 heavy (non-hydrogen) atoms. The van der Waals surface area contributed by atoms with Gasteiger partial charge in [-0.15, -0.1) is 13.2 Å². The van der Waals surface area contributed by atoms with Crippen molar-refractivity contribution < 1.29 is 27.1 Å². The molecule has 3 rings (SSSR count). The maximum absolute atomic E-state index is 12.6. The maximum atomic E-state index is 12.6. The van der Waals surface area contributed by atoms with Gasteiger partial charge in [0.15, 0.2) is 0 Å². The summed E-state index contributed by atoms with van der Waals surface area (Å²) in [6.07, 6.45) is -4.77. The highest BCUT2D eigenvalue weighted by molar-refractivity contribution is 5.96. The number of rotatable bonds is 4. The molecule has 0 unspecified atom stereocenters. The molecule has 0 aliphatic heterocycles. The van der Waals surface area contributed by atoms with Crippen molar-refractivity contribution in [3.8, 4) is 5.75 Å². The van der Waals surface area contributed by atoms with Crippen molar-refractivity contribution in [1.82, 2.24) is 4.90 Å². The average Bonchev–Trinajstić information content (AvgIpc) is 2.61. The van der Waals surface area contributed by atoms with E-state index in [4.69, 9.17) is 4.42 Å². The Morgan fingerprint density at radius 3 is 2.44 bits per heavy atom. The lowest BCUT2D eigenvalue weighted by atomic mass is 10.1. The number of carbonyl (C=O) groups is 1. The van der Waals surface area contributed by atoms with Crippen molar-refractivity contribution >= 4 is 16.9 Å². The van der Waals surface area contributed by atoms with Gasteiger partial charge in [-0.05, 0) is 29.8 Å². The van der Waals surface area contributed by atoms with Gasteiger partial charge >= 0.3 is 12.0 Å². The molecule has 0 saturated heterocycles. The van der Waals surface area contributed by atoms with Gasteiger partial charge in [-0.1, -0.05) is 30.3 Å². The normalized spacial score (nSPS) is 11.4. The van der Waals surface area contributed by atoms with Crippen LogP contribution in [0, 0.1) is 0 Å². The topological polar surface area (TPSA) is 59.8 Å². The summed E-state index contributed by atoms with van der Waals surface area (Å²) in [5.74, 6) is -0.902. The first-order chi connectivity index (χ1) is 12.7. The summed E-state index contributed by atoms with van der Waals surface area (Å²) < 4.78 is 45.5. The number of hydrogen-bond acceptors (Lipinski definition) is 4. The zero-order chi connectivity index (χ0) is 19.6. The molecule has 0 saturated carbocycles. The Hall–Kier alpha value is -3.29. The van der Waals surface area contributed by atoms with Gasteiger partial charge in [0.2, 0.25) is 0 Å². The van der Waals surface area contributed by atoms with Crippen LogP contribution in [0.2, 0.25) is 0 Å². The van der Waals surface area contributed by atoms with Crippen LogP contribution < -0.4 is 10.4 Å². The summed E-state index contributed by atoms with van der Waals surface area (Å²) >= 11 is 0. The van der Waals surface area contributed by atoms with Gasteiger partial charge in [0.05, 0.1) is 0 Å². The second-order valence-corrected chi connectivity index (χ2v) is 5.84. The fourth-order valence-corrected chi connectivity index (χ4v) is 2.56. The Balaban J connectivity index is 1.76. The van der Waals surface area contributed by atoms with Crippen LogP contribution in [0.15, 0.2) is 63.8 Å². The van der Waals surface area contributed by atoms with E-state index in [0.29, 0.717) is 16.5 Å². The van der Waals surface area contributed by atoms with Crippen LogP contribution in [-0.2, 0) is 6.54 Å². The number of benzene rings is 2. The van der Waals surface area contributed by atoms with Gasteiger partial charge in [0.1, 0.15) is 16.9 Å². The zero-order valence-electron chi connectivity index (χ0n) is 14.1. The number of nitrogens with zero attached hydrogens (tertiary/aromatic N) is 1. The number of carbonyl (C=O) groups excluding carboxylic acids is 1. The largest absolute Gasteiger partial charge is 0.573 e. The first kappa shape index (κ1) is 18.5. The lowest BCUT2D eigenvalue weighted by molar-refractivity contribution is -0.274. The van der Waals surface area contributed by atoms with E-state index >= 15 is 0 Å². The summed E-state index contributed by atoms with van der Waals surface area (Å²) in [5.41, 5.74) is 0.0835. The average molecular weight is 377 g/mol. The van der Waals surface area contributed by atoms with Crippen molar-refractivity contribution in [3.63, 3.8) is 0 Å². The van der Waals surface area contributed by atoms with E-state index in [9.17, 15) is 22.8 Å². The molecular weight excluding hydrogens is 363 g/mol. The fraction of sp³-hybridized carbons (Fsp3) is 0.158. The van der Waals surface area contributed by atoms with Crippen molar-refractivity contribution in [2.24, 2.45) is 0 Å². The molecule has 0 radical (unpaired) electrons. The molecule has 1 aromatic heterocycles. The van der Waals surface area contributed by atoms with Crippen LogP contribution in [0.1, 0.15) is 15.9 Å². The molecule has 1 amide bonds. The van der Waals surface area contributed by atoms with E-state index in [1.165, 1.54) is 30.1 Å². The summed E-state index contributed by atoms with van der Waals surface area (Å²) in [5, 5.41) is 0.613. The quantitative estimate of drug-likeness (QED) is 0.646. The van der Waals surface area contributed by atoms with Gasteiger partial charge in [-0.3, -0.25) is 4.79 Å². The Bertz CT molecular complexity index is 1030. The maximum Gasteiger partial charge on any atom is 0.573 e. The number of fused-ring (bicyclic) bond motifs is 1. The van der Waals surface area contributed by atoms with E-state index in [-0.39, 0.29) is 17.9 Å². The van der Waals surface area contributed by atoms with E-state index in [1.54, 1.807) is 24.3 Å². The third kappa shape index (κ3) is 4.46. The molecule has 0 aliphatic carbocycles. The van der Waals surface area contributed by atoms with Crippen LogP contribution in [0.4, 0.5) is 13.2 Å². The predicted molar refractivity (Wildman–Crippen MR) is 91.4 cm³/mol. The molecule has 0 atom stereocenters. The zero-order valence-corrected chi connectivity index (χ0v) is 14.1. The van der Waals surface area contributed by atoms with E-state index in [1.807, 2.05) is 0 Å². The number of hydrogen-bond donors (Lipinski definition) is 0. The molecular formula is C19H14F3NO4. The minimum Gasteiger partial charge on any atom is -0.422 e. The van der Waals surface area contributed by atoms with Gasteiger partial charge < -0.3 is 14.1 Å². The molecule has 5 nitrogen and oxygen atoms in total. The molecule has 8 heteroatoms. The van der Waals surface area contributed by atoms with E-state index in [2.05, 4.69) is 4.74 Å². The van der Waals surface area contributed by atoms with E-state index in [0.717, 1.165) is 12.1 Å². The highest BCUT2D eigenvalue weighted by atomic mass is 19.4. The lowest BCUT2D eigenvalue weighted by Gasteiger charge is -2.17. The molecule has 140 valence electrons. The molecule has 0 N–H and O–H groups in total. The number of para-hydroxylation sites is 1. The van der Waals surface area contributed by atoms with Gasteiger partial charge in [-0.25, -0.2) is 4.79 Å². The molecule has 1 heterocycles. The SMILES string of the molecule is CN(Cc1ccc(OC(F)(F)F)cc1)C(=O)c1cc2ccccc2oc1=O. The highest BCUT2D eigenvalue weighted by Gasteiger charge is 2.31. The van der Waals surface area contributed by atoms with Gasteiger partial charge in [0.25, 0.3) is 5.91 Å². The minimum atomic E-state index is -4.77. The second kappa shape index (κ2) is 7.14. The number of alkyl halides is 3. The Morgan fingerprint density at radius 1 is 1.11 bits per heavy atom. The molecule has 0 spiro atoms. The molecule has 0 fully saturated rings. The van der Waals surface area contributed by atoms with Crippen LogP contribution in [0.5, 0.6) is 5.75 Å². The Labute approximate surface area is 151 Å². The van der Waals surface area contributed by atoms with Gasteiger partial charge in [-0.2, -0.15) is 0 Å².